The van der Waals surface area contributed by atoms with Gasteiger partial charge in [-0.3, -0.25) is 0 Å². The van der Waals surface area contributed by atoms with E-state index < -0.39 is 0 Å². The minimum Gasteiger partial charge on any atom is -0.0864 e. The van der Waals surface area contributed by atoms with Crippen LogP contribution >= 0.6 is 22.6 Å². The second-order valence-electron chi connectivity index (χ2n) is 3.91. The van der Waals surface area contributed by atoms with Crippen LogP contribution in [0.5, 0.6) is 0 Å². The largest absolute Gasteiger partial charge is 0.0864 e. The molecule has 0 aromatic carbocycles. The Balaban J connectivity index is 3.10. The Morgan fingerprint density at radius 1 is 1.00 bits per heavy atom. The highest BCUT2D eigenvalue weighted by Gasteiger charge is 2.01. The molecule has 0 aromatic heterocycles. The lowest BCUT2D eigenvalue weighted by molar-refractivity contribution is 0.452. The van der Waals surface area contributed by atoms with Crippen LogP contribution in [0.25, 0.3) is 0 Å². The van der Waals surface area contributed by atoms with Crippen molar-refractivity contribution < 1.29 is 0 Å². The van der Waals surface area contributed by atoms with Crippen LogP contribution in [0.1, 0.15) is 46.5 Å². The van der Waals surface area contributed by atoms with Gasteiger partial charge >= 0.3 is 0 Å². The van der Waals surface area contributed by atoms with Gasteiger partial charge in [0.15, 0.2) is 0 Å². The summed E-state index contributed by atoms with van der Waals surface area (Å²) in [5.41, 5.74) is 0. The topological polar surface area (TPSA) is 0 Å². The molecule has 0 aromatic rings. The first kappa shape index (κ1) is 11.7. The van der Waals surface area contributed by atoms with Crippen LogP contribution in [0.4, 0.5) is 0 Å². The zero-order chi connectivity index (χ0) is 8.69. The van der Waals surface area contributed by atoms with Gasteiger partial charge < -0.3 is 0 Å². The highest BCUT2D eigenvalue weighted by atomic mass is 127. The number of halogens is 1. The van der Waals surface area contributed by atoms with Crippen molar-refractivity contribution in [2.75, 3.05) is 4.43 Å². The van der Waals surface area contributed by atoms with Crippen molar-refractivity contribution in [3.05, 3.63) is 0 Å². The lowest BCUT2D eigenvalue weighted by Gasteiger charge is -2.09. The summed E-state index contributed by atoms with van der Waals surface area (Å²) in [5.74, 6) is 1.84. The summed E-state index contributed by atoms with van der Waals surface area (Å²) in [4.78, 5) is 0. The first-order valence-corrected chi connectivity index (χ1v) is 6.25. The van der Waals surface area contributed by atoms with Crippen LogP contribution in [0, 0.1) is 11.8 Å². The molecule has 0 aliphatic heterocycles. The Labute approximate surface area is 85.3 Å². The molecule has 0 saturated carbocycles. The Morgan fingerprint density at radius 2 is 1.64 bits per heavy atom. The summed E-state index contributed by atoms with van der Waals surface area (Å²) in [6.07, 6.45) is 5.67. The van der Waals surface area contributed by atoms with E-state index in [1.54, 1.807) is 0 Å². The molecule has 0 amide bonds. The molecule has 0 saturated heterocycles. The van der Waals surface area contributed by atoms with E-state index in [-0.39, 0.29) is 0 Å². The smallest absolute Gasteiger partial charge is 0.000219 e. The fourth-order valence-electron chi connectivity index (χ4n) is 1.21. The molecule has 0 rings (SSSR count). The Bertz CT molecular complexity index is 78.9. The van der Waals surface area contributed by atoms with Gasteiger partial charge in [0.05, 0.1) is 0 Å². The van der Waals surface area contributed by atoms with Crippen molar-refractivity contribution in [3.63, 3.8) is 0 Å². The molecule has 0 bridgehead atoms. The van der Waals surface area contributed by atoms with Crippen molar-refractivity contribution in [2.45, 2.75) is 46.5 Å². The highest BCUT2D eigenvalue weighted by Crippen LogP contribution is 2.15. The molecule has 0 spiro atoms. The van der Waals surface area contributed by atoms with Crippen molar-refractivity contribution in [3.8, 4) is 0 Å². The van der Waals surface area contributed by atoms with E-state index in [9.17, 15) is 0 Å². The van der Waals surface area contributed by atoms with Crippen molar-refractivity contribution in [2.24, 2.45) is 11.8 Å². The minimum atomic E-state index is 0.891. The third-order valence-corrected chi connectivity index (χ3v) is 2.70. The van der Waals surface area contributed by atoms with Crippen LogP contribution in [-0.4, -0.2) is 4.43 Å². The van der Waals surface area contributed by atoms with Gasteiger partial charge in [-0.1, -0.05) is 62.6 Å². The van der Waals surface area contributed by atoms with Gasteiger partial charge in [0.2, 0.25) is 0 Å². The van der Waals surface area contributed by atoms with E-state index in [2.05, 4.69) is 43.4 Å². The average molecular weight is 268 g/mol. The fourth-order valence-corrected chi connectivity index (χ4v) is 2.27. The Kier molecular flexibility index (Phi) is 7.87. The monoisotopic (exact) mass is 268 g/mol. The van der Waals surface area contributed by atoms with Gasteiger partial charge in [0.25, 0.3) is 0 Å². The molecule has 0 N–H and O–H groups in total. The van der Waals surface area contributed by atoms with Crippen molar-refractivity contribution in [1.29, 1.82) is 0 Å². The molecule has 11 heavy (non-hydrogen) atoms. The van der Waals surface area contributed by atoms with Gasteiger partial charge in [0.1, 0.15) is 0 Å². The van der Waals surface area contributed by atoms with Gasteiger partial charge in [-0.2, -0.15) is 0 Å². The van der Waals surface area contributed by atoms with Crippen LogP contribution in [0.15, 0.2) is 0 Å². The Hall–Kier alpha value is 0.730. The van der Waals surface area contributed by atoms with Crippen LogP contribution in [0.2, 0.25) is 0 Å². The van der Waals surface area contributed by atoms with E-state index in [4.69, 9.17) is 0 Å². The first-order chi connectivity index (χ1) is 5.16. The molecule has 0 fully saturated rings. The number of hydrogen-bond acceptors (Lipinski definition) is 0. The zero-order valence-corrected chi connectivity index (χ0v) is 10.2. The highest BCUT2D eigenvalue weighted by molar-refractivity contribution is 14.1. The van der Waals surface area contributed by atoms with Crippen molar-refractivity contribution >= 4 is 22.6 Å². The predicted molar refractivity (Wildman–Crippen MR) is 61.4 cm³/mol. The maximum atomic E-state index is 2.47. The molecule has 0 radical (unpaired) electrons. The second-order valence-corrected chi connectivity index (χ2v) is 4.99. The first-order valence-electron chi connectivity index (χ1n) is 4.72. The molecular formula is C10H21I. The standard InChI is InChI=1S/C10H21I/c1-9(2)5-4-6-10(3)7-8-11/h9-10H,4-8H2,1-3H3/t10-/m0/s1. The van der Waals surface area contributed by atoms with Crippen LogP contribution < -0.4 is 0 Å². The molecule has 0 nitrogen and oxygen atoms in total. The maximum Gasteiger partial charge on any atom is -0.000219 e. The summed E-state index contributed by atoms with van der Waals surface area (Å²) >= 11 is 2.47. The molecule has 0 aliphatic rings. The average Bonchev–Trinajstić information content (AvgIpc) is 1.87. The fraction of sp³-hybridized carbons (Fsp3) is 1.00. The summed E-state index contributed by atoms with van der Waals surface area (Å²) in [6, 6.07) is 0. The summed E-state index contributed by atoms with van der Waals surface area (Å²) in [5, 5.41) is 0. The Morgan fingerprint density at radius 3 is 2.09 bits per heavy atom. The van der Waals surface area contributed by atoms with E-state index >= 15 is 0 Å². The van der Waals surface area contributed by atoms with Crippen LogP contribution in [0.3, 0.4) is 0 Å². The lowest BCUT2D eigenvalue weighted by Crippen LogP contribution is -1.96. The molecule has 1 atom stereocenters. The number of rotatable bonds is 6. The molecule has 0 aliphatic carbocycles. The molecule has 1 heteroatoms. The van der Waals surface area contributed by atoms with Gasteiger partial charge in [-0.15, -0.1) is 0 Å². The van der Waals surface area contributed by atoms with Gasteiger partial charge in [-0.25, -0.2) is 0 Å². The van der Waals surface area contributed by atoms with E-state index in [0.717, 1.165) is 11.8 Å². The summed E-state index contributed by atoms with van der Waals surface area (Å²) in [7, 11) is 0. The third kappa shape index (κ3) is 8.64. The van der Waals surface area contributed by atoms with E-state index in [0.29, 0.717) is 0 Å². The second kappa shape index (κ2) is 7.38. The SMILES string of the molecule is CC(C)CCC[C@H](C)CCI. The summed E-state index contributed by atoms with van der Waals surface area (Å²) < 4.78 is 1.32. The van der Waals surface area contributed by atoms with E-state index in [1.165, 1.54) is 30.1 Å². The van der Waals surface area contributed by atoms with E-state index in [1.807, 2.05) is 0 Å². The normalized spacial score (nSPS) is 13.9. The molecule has 0 unspecified atom stereocenters. The lowest BCUT2D eigenvalue weighted by atomic mass is 9.98. The maximum absolute atomic E-state index is 2.47. The molecule has 0 heterocycles. The molecular weight excluding hydrogens is 247 g/mol. The predicted octanol–water partition coefficient (Wildman–Crippen LogP) is 4.27. The zero-order valence-electron chi connectivity index (χ0n) is 8.07. The third-order valence-electron chi connectivity index (χ3n) is 2.08. The van der Waals surface area contributed by atoms with Gasteiger partial charge in [-0.05, 0) is 22.7 Å². The minimum absolute atomic E-state index is 0.891. The van der Waals surface area contributed by atoms with Crippen molar-refractivity contribution in [1.82, 2.24) is 0 Å². The van der Waals surface area contributed by atoms with Gasteiger partial charge in [0, 0.05) is 0 Å². The quantitative estimate of drug-likeness (QED) is 0.498. The van der Waals surface area contributed by atoms with Crippen LogP contribution in [-0.2, 0) is 0 Å². The number of hydrogen-bond donors (Lipinski definition) is 0. The molecule has 68 valence electrons. The number of alkyl halides is 1. The summed E-state index contributed by atoms with van der Waals surface area (Å²) in [6.45, 7) is 6.99.